The molecule has 0 atom stereocenters. The van der Waals surface area contributed by atoms with Gasteiger partial charge in [0.2, 0.25) is 0 Å². The smallest absolute Gasteiger partial charge is 0.275 e. The van der Waals surface area contributed by atoms with E-state index in [2.05, 4.69) is 0 Å². The SMILES string of the molecule is N#CC(=O)C(F)(F)C(F)(F)N=O. The first-order valence-electron chi connectivity index (χ1n) is 2.34. The van der Waals surface area contributed by atoms with Crippen LogP contribution in [0, 0.1) is 16.2 Å². The van der Waals surface area contributed by atoms with Crippen molar-refractivity contribution in [2.24, 2.45) is 5.18 Å². The summed E-state index contributed by atoms with van der Waals surface area (Å²) in [5, 5.41) is 8.33. The van der Waals surface area contributed by atoms with Gasteiger partial charge in [0.25, 0.3) is 0 Å². The monoisotopic (exact) mass is 184 g/mol. The molecule has 0 aromatic carbocycles. The van der Waals surface area contributed by atoms with Gasteiger partial charge in [0.15, 0.2) is 0 Å². The average molecular weight is 184 g/mol. The highest BCUT2D eigenvalue weighted by Crippen LogP contribution is 2.35. The number of rotatable bonds is 3. The minimum atomic E-state index is -5.38. The minimum absolute atomic E-state index is 0.278. The van der Waals surface area contributed by atoms with Gasteiger partial charge in [-0.1, -0.05) is 0 Å². The largest absolute Gasteiger partial charge is 0.448 e. The highest BCUT2D eigenvalue weighted by Gasteiger charge is 2.64. The van der Waals surface area contributed by atoms with Crippen molar-refractivity contribution in [3.63, 3.8) is 0 Å². The highest BCUT2D eigenvalue weighted by atomic mass is 19.3. The summed E-state index contributed by atoms with van der Waals surface area (Å²) in [5.74, 6) is -8.06. The average Bonchev–Trinajstić information content (AvgIpc) is 2.02. The number of carbonyl (C=O) groups excluding carboxylic acids is 1. The zero-order chi connectivity index (χ0) is 9.99. The molecule has 0 fully saturated rings. The molecule has 0 saturated heterocycles. The van der Waals surface area contributed by atoms with Gasteiger partial charge in [-0.2, -0.15) is 22.8 Å². The van der Waals surface area contributed by atoms with Crippen LogP contribution in [0.1, 0.15) is 0 Å². The van der Waals surface area contributed by atoms with Crippen LogP contribution in [-0.4, -0.2) is 17.8 Å². The molecule has 4 nitrogen and oxygen atoms in total. The molecule has 0 unspecified atom stereocenters. The fourth-order valence-electron chi connectivity index (χ4n) is 0.264. The predicted octanol–water partition coefficient (Wildman–Crippen LogP) is 1.07. The van der Waals surface area contributed by atoms with Gasteiger partial charge >= 0.3 is 17.8 Å². The van der Waals surface area contributed by atoms with E-state index >= 15 is 0 Å². The summed E-state index contributed by atoms with van der Waals surface area (Å²) in [6.45, 7) is 0. The van der Waals surface area contributed by atoms with E-state index in [1.165, 1.54) is 0 Å². The summed E-state index contributed by atoms with van der Waals surface area (Å²) in [6, 6.07) is -5.10. The topological polar surface area (TPSA) is 70.3 Å². The van der Waals surface area contributed by atoms with E-state index in [1.54, 1.807) is 0 Å². The van der Waals surface area contributed by atoms with Crippen LogP contribution in [0.4, 0.5) is 17.6 Å². The number of alkyl halides is 4. The minimum Gasteiger partial charge on any atom is -0.275 e. The van der Waals surface area contributed by atoms with Crippen molar-refractivity contribution < 1.29 is 22.4 Å². The lowest BCUT2D eigenvalue weighted by Gasteiger charge is -2.14. The Morgan fingerprint density at radius 1 is 1.33 bits per heavy atom. The number of nitrogens with zero attached hydrogens (tertiary/aromatic N) is 2. The third-order valence-electron chi connectivity index (χ3n) is 0.879. The van der Waals surface area contributed by atoms with Gasteiger partial charge in [-0.15, -0.1) is 4.91 Å². The van der Waals surface area contributed by atoms with E-state index in [-0.39, 0.29) is 6.07 Å². The second-order valence-electron chi connectivity index (χ2n) is 1.65. The van der Waals surface area contributed by atoms with Gasteiger partial charge in [-0.05, 0) is 0 Å². The lowest BCUT2D eigenvalue weighted by atomic mass is 10.2. The molecule has 0 bridgehead atoms. The van der Waals surface area contributed by atoms with Crippen molar-refractivity contribution in [1.82, 2.24) is 0 Å². The van der Waals surface area contributed by atoms with E-state index in [9.17, 15) is 22.4 Å². The molecule has 0 aliphatic heterocycles. The van der Waals surface area contributed by atoms with Crippen LogP contribution in [0.25, 0.3) is 0 Å². The number of halogens is 4. The van der Waals surface area contributed by atoms with Crippen molar-refractivity contribution in [2.75, 3.05) is 0 Å². The van der Waals surface area contributed by atoms with Crippen LogP contribution in [0.2, 0.25) is 0 Å². The molecule has 0 N–H and O–H groups in total. The normalized spacial score (nSPS) is 11.9. The second-order valence-corrected chi connectivity index (χ2v) is 1.65. The summed E-state index contributed by atoms with van der Waals surface area (Å²) in [4.78, 5) is 19.0. The van der Waals surface area contributed by atoms with Crippen molar-refractivity contribution in [3.05, 3.63) is 4.91 Å². The lowest BCUT2D eigenvalue weighted by molar-refractivity contribution is -0.200. The molecule has 0 spiro atoms. The maximum absolute atomic E-state index is 12.0. The van der Waals surface area contributed by atoms with E-state index in [0.717, 1.165) is 5.18 Å². The summed E-state index contributed by atoms with van der Waals surface area (Å²) < 4.78 is 47.5. The fraction of sp³-hybridized carbons (Fsp3) is 0.500. The Morgan fingerprint density at radius 3 is 2.00 bits per heavy atom. The van der Waals surface area contributed by atoms with Crippen LogP contribution in [0.15, 0.2) is 5.18 Å². The van der Waals surface area contributed by atoms with Crippen molar-refractivity contribution in [1.29, 1.82) is 5.26 Å². The Morgan fingerprint density at radius 2 is 1.75 bits per heavy atom. The Bertz CT molecular complexity index is 256. The second kappa shape index (κ2) is 2.84. The third kappa shape index (κ3) is 1.39. The Hall–Kier alpha value is -1.52. The van der Waals surface area contributed by atoms with Crippen molar-refractivity contribution >= 4 is 5.78 Å². The molecule has 0 aromatic heterocycles. The number of Topliss-reactive ketones (excluding diaryl/α,β-unsaturated/α-hetero) is 1. The molecular formula is C4F4N2O2. The number of hydrogen-bond acceptors (Lipinski definition) is 4. The summed E-state index contributed by atoms with van der Waals surface area (Å²) >= 11 is 0. The molecule has 0 aliphatic rings. The molecule has 66 valence electrons. The van der Waals surface area contributed by atoms with E-state index in [4.69, 9.17) is 10.2 Å². The quantitative estimate of drug-likeness (QED) is 0.285. The molecule has 0 saturated carbocycles. The Balaban J connectivity index is 4.99. The Kier molecular flexibility index (Phi) is 2.48. The maximum atomic E-state index is 12.0. The first-order valence-corrected chi connectivity index (χ1v) is 2.34. The highest BCUT2D eigenvalue weighted by molar-refractivity contribution is 5.99. The molecule has 0 aromatic rings. The fourth-order valence-corrected chi connectivity index (χ4v) is 0.264. The van der Waals surface area contributed by atoms with Crippen molar-refractivity contribution in [2.45, 2.75) is 12.0 Å². The third-order valence-corrected chi connectivity index (χ3v) is 0.879. The molecule has 0 radical (unpaired) electrons. The molecular weight excluding hydrogens is 184 g/mol. The van der Waals surface area contributed by atoms with Gasteiger partial charge in [-0.25, -0.2) is 0 Å². The Labute approximate surface area is 62.7 Å². The van der Waals surface area contributed by atoms with Crippen LogP contribution in [0.5, 0.6) is 0 Å². The van der Waals surface area contributed by atoms with Gasteiger partial charge in [0.1, 0.15) is 6.07 Å². The first-order chi connectivity index (χ1) is 5.29. The molecule has 0 aliphatic carbocycles. The van der Waals surface area contributed by atoms with Gasteiger partial charge < -0.3 is 0 Å². The van der Waals surface area contributed by atoms with E-state index < -0.39 is 17.8 Å². The van der Waals surface area contributed by atoms with Crippen LogP contribution >= 0.6 is 0 Å². The number of nitroso groups, excluding NO2 is 1. The molecule has 12 heavy (non-hydrogen) atoms. The van der Waals surface area contributed by atoms with Crippen LogP contribution in [0.3, 0.4) is 0 Å². The van der Waals surface area contributed by atoms with Gasteiger partial charge in [0.05, 0.1) is 0 Å². The zero-order valence-corrected chi connectivity index (χ0v) is 5.22. The standard InChI is InChI=1S/C4F4N2O2/c5-3(6,2(11)1-9)4(7,8)10-12. The predicted molar refractivity (Wildman–Crippen MR) is 26.3 cm³/mol. The zero-order valence-electron chi connectivity index (χ0n) is 5.22. The number of hydrogen-bond donors (Lipinski definition) is 0. The summed E-state index contributed by atoms with van der Waals surface area (Å²) in [5.41, 5.74) is 0. The number of ketones is 1. The number of nitriles is 1. The summed E-state index contributed by atoms with van der Waals surface area (Å²) in [7, 11) is 0. The van der Waals surface area contributed by atoms with Crippen molar-refractivity contribution in [3.8, 4) is 6.07 Å². The van der Waals surface area contributed by atoms with Crippen LogP contribution in [-0.2, 0) is 4.79 Å². The molecule has 8 heteroatoms. The first kappa shape index (κ1) is 10.5. The van der Waals surface area contributed by atoms with E-state index in [1.807, 2.05) is 0 Å². The lowest BCUT2D eigenvalue weighted by Crippen LogP contribution is -2.44. The molecule has 0 heterocycles. The molecule has 0 rings (SSSR count). The van der Waals surface area contributed by atoms with Crippen LogP contribution < -0.4 is 0 Å². The van der Waals surface area contributed by atoms with E-state index in [0.29, 0.717) is 0 Å². The summed E-state index contributed by atoms with van der Waals surface area (Å²) in [6.07, 6.45) is 0. The van der Waals surface area contributed by atoms with Gasteiger partial charge in [0, 0.05) is 5.18 Å². The number of carbonyl (C=O) groups is 1. The molecule has 0 amide bonds. The maximum Gasteiger partial charge on any atom is 0.448 e. The van der Waals surface area contributed by atoms with Gasteiger partial charge in [-0.3, -0.25) is 4.79 Å².